The first-order chi connectivity index (χ1) is 14.3. The fourth-order valence-corrected chi connectivity index (χ4v) is 2.69. The van der Waals surface area contributed by atoms with E-state index in [0.717, 1.165) is 12.1 Å². The summed E-state index contributed by atoms with van der Waals surface area (Å²) in [6.45, 7) is 0. The van der Waals surface area contributed by atoms with Gasteiger partial charge in [-0.2, -0.15) is 10.2 Å². The first kappa shape index (κ1) is 20.4. The summed E-state index contributed by atoms with van der Waals surface area (Å²) < 4.78 is 1.22. The first-order valence-corrected chi connectivity index (χ1v) is 8.55. The summed E-state index contributed by atoms with van der Waals surface area (Å²) in [5.74, 6) is -0.252. The van der Waals surface area contributed by atoms with Crippen LogP contribution in [-0.4, -0.2) is 31.8 Å². The van der Waals surface area contributed by atoms with Gasteiger partial charge in [0.2, 0.25) is 5.96 Å². The number of nitro benzene ring substituents is 2. The van der Waals surface area contributed by atoms with Gasteiger partial charge in [-0.05, 0) is 18.2 Å². The Labute approximate surface area is 173 Å². The van der Waals surface area contributed by atoms with Crippen LogP contribution in [0.15, 0.2) is 58.9 Å². The summed E-state index contributed by atoms with van der Waals surface area (Å²) in [6.07, 6.45) is 2.79. The average molecular weight is 429 g/mol. The van der Waals surface area contributed by atoms with E-state index in [-0.39, 0.29) is 11.6 Å². The summed E-state index contributed by atoms with van der Waals surface area (Å²) in [5.41, 5.74) is 11.1. The minimum absolute atomic E-state index is 0.0299. The molecule has 0 atom stereocenters. The number of nitrogens with zero attached hydrogens (tertiary/aromatic N) is 6. The van der Waals surface area contributed by atoms with Crippen molar-refractivity contribution < 1.29 is 9.85 Å². The predicted molar refractivity (Wildman–Crippen MR) is 111 cm³/mol. The molecule has 0 bridgehead atoms. The largest absolute Gasteiger partial charge is 0.369 e. The van der Waals surface area contributed by atoms with Gasteiger partial charge in [0.1, 0.15) is 11.4 Å². The van der Waals surface area contributed by atoms with E-state index >= 15 is 0 Å². The lowest BCUT2D eigenvalue weighted by Gasteiger charge is -2.03. The van der Waals surface area contributed by atoms with Crippen LogP contribution >= 0.6 is 11.6 Å². The molecule has 0 aliphatic rings. The van der Waals surface area contributed by atoms with E-state index in [1.165, 1.54) is 23.2 Å². The molecule has 0 fully saturated rings. The molecule has 0 unspecified atom stereocenters. The SMILES string of the molecule is NC(N)=N/N=C/c1cn(-c2ccc([N+](=O)[O-])cc2[N+](=O)[O-])nc1-c1ccc(Cl)cc1. The number of benzene rings is 2. The highest BCUT2D eigenvalue weighted by Crippen LogP contribution is 2.30. The van der Waals surface area contributed by atoms with Crippen LogP contribution in [0.2, 0.25) is 5.02 Å². The molecule has 0 saturated heterocycles. The molecule has 4 N–H and O–H groups in total. The van der Waals surface area contributed by atoms with Gasteiger partial charge >= 0.3 is 5.69 Å². The van der Waals surface area contributed by atoms with E-state index in [1.807, 2.05) is 0 Å². The zero-order valence-corrected chi connectivity index (χ0v) is 15.8. The molecule has 0 saturated carbocycles. The van der Waals surface area contributed by atoms with Crippen molar-refractivity contribution in [2.24, 2.45) is 21.7 Å². The number of guanidine groups is 1. The van der Waals surface area contributed by atoms with E-state index in [1.54, 1.807) is 24.3 Å². The number of non-ortho nitro benzene ring substituents is 1. The van der Waals surface area contributed by atoms with Crippen LogP contribution in [0.5, 0.6) is 0 Å². The molecule has 13 heteroatoms. The highest BCUT2D eigenvalue weighted by molar-refractivity contribution is 6.30. The van der Waals surface area contributed by atoms with Crippen molar-refractivity contribution in [2.45, 2.75) is 0 Å². The first-order valence-electron chi connectivity index (χ1n) is 8.17. The Morgan fingerprint density at radius 3 is 2.40 bits per heavy atom. The summed E-state index contributed by atoms with van der Waals surface area (Å²) in [4.78, 5) is 21.0. The molecule has 0 aliphatic heterocycles. The number of aromatic nitrogens is 2. The molecule has 0 radical (unpaired) electrons. The second-order valence-electron chi connectivity index (χ2n) is 5.84. The number of halogens is 1. The van der Waals surface area contributed by atoms with Crippen molar-refractivity contribution >= 4 is 35.1 Å². The van der Waals surface area contributed by atoms with Gasteiger partial charge in [0, 0.05) is 28.4 Å². The minimum atomic E-state index is -0.723. The van der Waals surface area contributed by atoms with Gasteiger partial charge in [-0.1, -0.05) is 23.7 Å². The highest BCUT2D eigenvalue weighted by atomic mass is 35.5. The fourth-order valence-electron chi connectivity index (χ4n) is 2.56. The minimum Gasteiger partial charge on any atom is -0.369 e. The molecule has 152 valence electrons. The van der Waals surface area contributed by atoms with E-state index in [4.69, 9.17) is 23.1 Å². The van der Waals surface area contributed by atoms with E-state index < -0.39 is 21.2 Å². The van der Waals surface area contributed by atoms with Gasteiger partial charge in [-0.3, -0.25) is 20.2 Å². The Hall–Kier alpha value is -4.32. The Balaban J connectivity index is 2.18. The van der Waals surface area contributed by atoms with Gasteiger partial charge in [0.25, 0.3) is 5.69 Å². The molecule has 3 aromatic rings. The summed E-state index contributed by atoms with van der Waals surface area (Å²) in [5, 5.41) is 34.6. The maximum Gasteiger partial charge on any atom is 0.301 e. The predicted octanol–water partition coefficient (Wildman–Crippen LogP) is 2.62. The highest BCUT2D eigenvalue weighted by Gasteiger charge is 2.22. The summed E-state index contributed by atoms with van der Waals surface area (Å²) in [7, 11) is 0. The van der Waals surface area contributed by atoms with E-state index in [9.17, 15) is 20.2 Å². The number of hydrogen-bond donors (Lipinski definition) is 2. The third kappa shape index (κ3) is 4.39. The van der Waals surface area contributed by atoms with Crippen molar-refractivity contribution in [3.63, 3.8) is 0 Å². The normalized spacial score (nSPS) is 10.8. The topological polar surface area (TPSA) is 181 Å². The summed E-state index contributed by atoms with van der Waals surface area (Å²) in [6, 6.07) is 9.98. The molecule has 1 aromatic heterocycles. The lowest BCUT2D eigenvalue weighted by Crippen LogP contribution is -2.21. The Morgan fingerprint density at radius 2 is 1.80 bits per heavy atom. The zero-order valence-electron chi connectivity index (χ0n) is 15.0. The van der Waals surface area contributed by atoms with E-state index in [0.29, 0.717) is 21.8 Å². The van der Waals surface area contributed by atoms with Crippen LogP contribution in [0, 0.1) is 20.2 Å². The van der Waals surface area contributed by atoms with Crippen LogP contribution < -0.4 is 11.5 Å². The Bertz CT molecular complexity index is 1180. The fraction of sp³-hybridized carbons (Fsp3) is 0. The van der Waals surface area contributed by atoms with Crippen LogP contribution in [0.3, 0.4) is 0 Å². The molecular formula is C17H13ClN8O4. The number of rotatable bonds is 6. The smallest absolute Gasteiger partial charge is 0.301 e. The second-order valence-corrected chi connectivity index (χ2v) is 6.28. The maximum atomic E-state index is 11.5. The Kier molecular flexibility index (Phi) is 5.69. The zero-order chi connectivity index (χ0) is 21.8. The molecule has 0 amide bonds. The van der Waals surface area contributed by atoms with Crippen molar-refractivity contribution in [1.82, 2.24) is 9.78 Å². The molecule has 30 heavy (non-hydrogen) atoms. The quantitative estimate of drug-likeness (QED) is 0.261. The number of nitrogens with two attached hydrogens (primary N) is 2. The van der Waals surface area contributed by atoms with Gasteiger partial charge < -0.3 is 11.5 Å². The van der Waals surface area contributed by atoms with Crippen LogP contribution in [0.4, 0.5) is 11.4 Å². The maximum absolute atomic E-state index is 11.5. The molecule has 1 heterocycles. The van der Waals surface area contributed by atoms with Crippen molar-refractivity contribution in [1.29, 1.82) is 0 Å². The van der Waals surface area contributed by atoms with Gasteiger partial charge in [0.05, 0.1) is 22.1 Å². The van der Waals surface area contributed by atoms with E-state index in [2.05, 4.69) is 15.3 Å². The molecule has 3 rings (SSSR count). The van der Waals surface area contributed by atoms with Crippen LogP contribution in [0.25, 0.3) is 16.9 Å². The monoisotopic (exact) mass is 428 g/mol. The number of hydrogen-bond acceptors (Lipinski definition) is 7. The van der Waals surface area contributed by atoms with Gasteiger partial charge in [-0.25, -0.2) is 4.68 Å². The molecule has 0 aliphatic carbocycles. The molecule has 12 nitrogen and oxygen atoms in total. The van der Waals surface area contributed by atoms with Crippen molar-refractivity contribution in [2.75, 3.05) is 0 Å². The van der Waals surface area contributed by atoms with Crippen molar-refractivity contribution in [3.05, 3.63) is 79.5 Å². The lowest BCUT2D eigenvalue weighted by atomic mass is 10.1. The second kappa shape index (κ2) is 8.36. The summed E-state index contributed by atoms with van der Waals surface area (Å²) >= 11 is 5.93. The average Bonchev–Trinajstić information content (AvgIpc) is 3.11. The van der Waals surface area contributed by atoms with Crippen LogP contribution in [-0.2, 0) is 0 Å². The van der Waals surface area contributed by atoms with Crippen LogP contribution in [0.1, 0.15) is 5.56 Å². The van der Waals surface area contributed by atoms with Crippen molar-refractivity contribution in [3.8, 4) is 16.9 Å². The standard InChI is InChI=1S/C17H13ClN8O4/c18-12-3-1-10(2-4-12)16-11(8-21-22-17(19)20)9-24(23-16)14-6-5-13(25(27)28)7-15(14)26(29)30/h1-9H,(H4,19,20,22)/b21-8+. The number of nitro groups is 2. The molecular weight excluding hydrogens is 416 g/mol. The molecule has 2 aromatic carbocycles. The third-order valence-corrected chi connectivity index (χ3v) is 4.10. The molecule has 0 spiro atoms. The Morgan fingerprint density at radius 1 is 1.10 bits per heavy atom. The van der Waals surface area contributed by atoms with Gasteiger partial charge in [-0.15, -0.1) is 5.10 Å². The third-order valence-electron chi connectivity index (χ3n) is 3.84. The van der Waals surface area contributed by atoms with Gasteiger partial charge in [0.15, 0.2) is 0 Å². The lowest BCUT2D eigenvalue weighted by molar-refractivity contribution is -0.394.